The van der Waals surface area contributed by atoms with Gasteiger partial charge in [0.2, 0.25) is 0 Å². The maximum Gasteiger partial charge on any atom is 0.193 e. The first-order chi connectivity index (χ1) is 15.2. The molecule has 2 saturated heterocycles. The van der Waals surface area contributed by atoms with Crippen molar-refractivity contribution in [3.05, 3.63) is 29.8 Å². The van der Waals surface area contributed by atoms with Crippen molar-refractivity contribution in [2.24, 2.45) is 10.9 Å². The van der Waals surface area contributed by atoms with Gasteiger partial charge in [-0.3, -0.25) is 4.90 Å². The van der Waals surface area contributed by atoms with Gasteiger partial charge in [0.1, 0.15) is 12.4 Å². The van der Waals surface area contributed by atoms with Gasteiger partial charge in [-0.25, -0.2) is 4.99 Å². The van der Waals surface area contributed by atoms with E-state index in [2.05, 4.69) is 54.3 Å². The van der Waals surface area contributed by atoms with E-state index in [9.17, 15) is 0 Å². The highest BCUT2D eigenvalue weighted by Gasteiger charge is 2.19. The second kappa shape index (κ2) is 14.9. The van der Waals surface area contributed by atoms with Crippen LogP contribution < -0.4 is 10.1 Å². The highest BCUT2D eigenvalue weighted by atomic mass is 127. The maximum absolute atomic E-state index is 6.04. The molecule has 1 aromatic rings. The molecule has 0 radical (unpaired) electrons. The highest BCUT2D eigenvalue weighted by Crippen LogP contribution is 2.17. The van der Waals surface area contributed by atoms with E-state index in [-0.39, 0.29) is 24.0 Å². The second-order valence-electron chi connectivity index (χ2n) is 8.60. The van der Waals surface area contributed by atoms with Crippen molar-refractivity contribution < 1.29 is 14.2 Å². The SMILES string of the molecule is CCNC(=NCc1cccc(OCCN(C)C2CCOCC2)c1)N(C)CC1CCOC1.I. The fraction of sp³-hybridized carbons (Fsp3) is 0.708. The molecule has 32 heavy (non-hydrogen) atoms. The number of rotatable bonds is 10. The summed E-state index contributed by atoms with van der Waals surface area (Å²) < 4.78 is 17.0. The molecule has 0 spiro atoms. The number of halogens is 1. The van der Waals surface area contributed by atoms with Crippen LogP contribution in [0.1, 0.15) is 31.7 Å². The summed E-state index contributed by atoms with van der Waals surface area (Å²) in [7, 11) is 4.29. The highest BCUT2D eigenvalue weighted by molar-refractivity contribution is 14.0. The molecule has 1 atom stereocenters. The molecule has 7 nitrogen and oxygen atoms in total. The molecule has 1 N–H and O–H groups in total. The van der Waals surface area contributed by atoms with E-state index in [4.69, 9.17) is 19.2 Å². The molecule has 0 bridgehead atoms. The Hall–Kier alpha value is -1.10. The first-order valence-corrected chi connectivity index (χ1v) is 11.7. The standard InChI is InChI=1S/C24H40N4O3.HI/c1-4-25-24(28(3)18-21-8-12-30-19-21)26-17-20-6-5-7-23(16-20)31-15-11-27(2)22-9-13-29-14-10-22;/h5-7,16,21-22H,4,8-15,17-19H2,1-3H3,(H,25,26);1H. The van der Waals surface area contributed by atoms with Crippen molar-refractivity contribution in [2.75, 3.05) is 66.8 Å². The van der Waals surface area contributed by atoms with Crippen molar-refractivity contribution in [1.29, 1.82) is 0 Å². The summed E-state index contributed by atoms with van der Waals surface area (Å²) >= 11 is 0. The van der Waals surface area contributed by atoms with E-state index in [1.807, 2.05) is 6.07 Å². The zero-order chi connectivity index (χ0) is 21.9. The third kappa shape index (κ3) is 9.03. The quantitative estimate of drug-likeness (QED) is 0.270. The minimum absolute atomic E-state index is 0. The number of benzene rings is 1. The molecule has 182 valence electrons. The molecule has 1 unspecified atom stereocenters. The van der Waals surface area contributed by atoms with Gasteiger partial charge in [0.25, 0.3) is 0 Å². The van der Waals surface area contributed by atoms with E-state index in [0.717, 1.165) is 82.6 Å². The number of hydrogen-bond donors (Lipinski definition) is 1. The Morgan fingerprint density at radius 2 is 1.94 bits per heavy atom. The fourth-order valence-corrected chi connectivity index (χ4v) is 4.19. The van der Waals surface area contributed by atoms with Crippen LogP contribution in [0.4, 0.5) is 0 Å². The van der Waals surface area contributed by atoms with E-state index in [0.29, 0.717) is 25.1 Å². The second-order valence-corrected chi connectivity index (χ2v) is 8.60. The van der Waals surface area contributed by atoms with E-state index < -0.39 is 0 Å². The van der Waals surface area contributed by atoms with Crippen LogP contribution in [0.25, 0.3) is 0 Å². The molecular weight excluding hydrogens is 519 g/mol. The maximum atomic E-state index is 6.04. The van der Waals surface area contributed by atoms with Crippen LogP contribution in [-0.4, -0.2) is 88.6 Å². The molecule has 0 aromatic heterocycles. The molecule has 0 amide bonds. The fourth-order valence-electron chi connectivity index (χ4n) is 4.19. The summed E-state index contributed by atoms with van der Waals surface area (Å²) in [6.07, 6.45) is 3.35. The summed E-state index contributed by atoms with van der Waals surface area (Å²) in [4.78, 5) is 9.46. The Kier molecular flexibility index (Phi) is 12.7. The molecule has 3 rings (SSSR count). The lowest BCUT2D eigenvalue weighted by Crippen LogP contribution is -2.41. The minimum atomic E-state index is 0. The smallest absolute Gasteiger partial charge is 0.193 e. The number of nitrogens with zero attached hydrogens (tertiary/aromatic N) is 3. The van der Waals surface area contributed by atoms with Crippen molar-refractivity contribution in [1.82, 2.24) is 15.1 Å². The van der Waals surface area contributed by atoms with Crippen LogP contribution in [0.5, 0.6) is 5.75 Å². The zero-order valence-electron chi connectivity index (χ0n) is 19.9. The predicted octanol–water partition coefficient (Wildman–Crippen LogP) is 3.23. The van der Waals surface area contributed by atoms with Gasteiger partial charge in [-0.15, -0.1) is 24.0 Å². The summed E-state index contributed by atoms with van der Waals surface area (Å²) in [6, 6.07) is 8.90. The monoisotopic (exact) mass is 560 g/mol. The van der Waals surface area contributed by atoms with Crippen molar-refractivity contribution >= 4 is 29.9 Å². The van der Waals surface area contributed by atoms with Gasteiger partial charge in [-0.1, -0.05) is 12.1 Å². The summed E-state index contributed by atoms with van der Waals surface area (Å²) in [5, 5.41) is 3.41. The molecule has 2 aliphatic heterocycles. The van der Waals surface area contributed by atoms with Gasteiger partial charge in [-0.2, -0.15) is 0 Å². The molecule has 2 aliphatic rings. The van der Waals surface area contributed by atoms with E-state index >= 15 is 0 Å². The van der Waals surface area contributed by atoms with E-state index in [1.165, 1.54) is 0 Å². The number of guanidine groups is 1. The predicted molar refractivity (Wildman–Crippen MR) is 140 cm³/mol. The van der Waals surface area contributed by atoms with Gasteiger partial charge in [-0.05, 0) is 50.9 Å². The molecule has 2 heterocycles. The molecule has 2 fully saturated rings. The number of likely N-dealkylation sites (N-methyl/N-ethyl adjacent to an activating group) is 1. The van der Waals surface area contributed by atoms with Gasteiger partial charge in [0.05, 0.1) is 13.2 Å². The number of nitrogens with one attached hydrogen (secondary N) is 1. The average molecular weight is 561 g/mol. The lowest BCUT2D eigenvalue weighted by atomic mass is 10.1. The summed E-state index contributed by atoms with van der Waals surface area (Å²) in [5.74, 6) is 2.44. The topological polar surface area (TPSA) is 58.6 Å². The Morgan fingerprint density at radius 3 is 2.66 bits per heavy atom. The van der Waals surface area contributed by atoms with Crippen molar-refractivity contribution in [2.45, 2.75) is 38.8 Å². The third-order valence-corrected chi connectivity index (χ3v) is 6.09. The first kappa shape index (κ1) is 27.1. The van der Waals surface area contributed by atoms with Crippen molar-refractivity contribution in [3.8, 4) is 5.75 Å². The Morgan fingerprint density at radius 1 is 1.16 bits per heavy atom. The number of aliphatic imine (C=N–C) groups is 1. The number of hydrogen-bond acceptors (Lipinski definition) is 5. The van der Waals surface area contributed by atoms with Gasteiger partial charge in [0.15, 0.2) is 5.96 Å². The minimum Gasteiger partial charge on any atom is -0.492 e. The zero-order valence-corrected chi connectivity index (χ0v) is 22.3. The lowest BCUT2D eigenvalue weighted by molar-refractivity contribution is 0.0392. The van der Waals surface area contributed by atoms with E-state index in [1.54, 1.807) is 0 Å². The number of ether oxygens (including phenoxy) is 3. The van der Waals surface area contributed by atoms with Crippen LogP contribution in [0.15, 0.2) is 29.3 Å². The van der Waals surface area contributed by atoms with Gasteiger partial charge < -0.3 is 24.4 Å². The Balaban J connectivity index is 0.00000363. The van der Waals surface area contributed by atoms with Gasteiger partial charge in [0, 0.05) is 58.5 Å². The van der Waals surface area contributed by atoms with Crippen LogP contribution in [0.3, 0.4) is 0 Å². The molecule has 0 saturated carbocycles. The lowest BCUT2D eigenvalue weighted by Gasteiger charge is -2.31. The largest absolute Gasteiger partial charge is 0.492 e. The van der Waals surface area contributed by atoms with Crippen LogP contribution in [0, 0.1) is 5.92 Å². The molecule has 0 aliphatic carbocycles. The van der Waals surface area contributed by atoms with Crippen LogP contribution in [0.2, 0.25) is 0 Å². The van der Waals surface area contributed by atoms with Gasteiger partial charge >= 0.3 is 0 Å². The third-order valence-electron chi connectivity index (χ3n) is 6.09. The van der Waals surface area contributed by atoms with Crippen molar-refractivity contribution in [3.63, 3.8) is 0 Å². The summed E-state index contributed by atoms with van der Waals surface area (Å²) in [6.45, 7) is 9.65. The molecular formula is C24H41IN4O3. The Labute approximate surface area is 210 Å². The first-order valence-electron chi connectivity index (χ1n) is 11.7. The Bertz CT molecular complexity index is 679. The van der Waals surface area contributed by atoms with Crippen LogP contribution in [-0.2, 0) is 16.0 Å². The normalized spacial score (nSPS) is 19.6. The summed E-state index contributed by atoms with van der Waals surface area (Å²) in [5.41, 5.74) is 1.16. The molecule has 8 heteroatoms. The molecule has 1 aromatic carbocycles. The average Bonchev–Trinajstić information content (AvgIpc) is 3.30. The van der Waals surface area contributed by atoms with Crippen LogP contribution >= 0.6 is 24.0 Å².